The Bertz CT molecular complexity index is 947. The van der Waals surface area contributed by atoms with E-state index in [-0.39, 0.29) is 0 Å². The summed E-state index contributed by atoms with van der Waals surface area (Å²) in [7, 11) is 4.05. The van der Waals surface area contributed by atoms with Gasteiger partial charge < -0.3 is 15.5 Å². The van der Waals surface area contributed by atoms with Crippen LogP contribution in [0, 0.1) is 5.92 Å². The molecule has 1 fully saturated rings. The molecule has 7 nitrogen and oxygen atoms in total. The maximum Gasteiger partial charge on any atom is 0.225 e. The van der Waals surface area contributed by atoms with Crippen LogP contribution in [-0.4, -0.2) is 46.8 Å². The number of halogens is 1. The van der Waals surface area contributed by atoms with Crippen molar-refractivity contribution >= 4 is 38.6 Å². The third-order valence-electron chi connectivity index (χ3n) is 5.59. The molecule has 0 spiro atoms. The summed E-state index contributed by atoms with van der Waals surface area (Å²) >= 11 is 3.50. The third-order valence-corrected chi connectivity index (χ3v) is 6.27. The highest BCUT2D eigenvalue weighted by atomic mass is 79.9. The van der Waals surface area contributed by atoms with Gasteiger partial charge in [0.1, 0.15) is 5.82 Å². The Morgan fingerprint density at radius 1 is 1.14 bits per heavy atom. The van der Waals surface area contributed by atoms with Crippen molar-refractivity contribution in [3.63, 3.8) is 0 Å². The molecule has 0 aliphatic heterocycles. The van der Waals surface area contributed by atoms with Crippen LogP contribution < -0.4 is 15.5 Å². The minimum absolute atomic E-state index is 0.434. The van der Waals surface area contributed by atoms with Crippen LogP contribution in [0.3, 0.4) is 0 Å². The fourth-order valence-electron chi connectivity index (χ4n) is 3.98. The lowest BCUT2D eigenvalue weighted by Crippen LogP contribution is -2.31. The molecule has 1 aliphatic carbocycles. The lowest BCUT2D eigenvalue weighted by molar-refractivity contribution is 0.323. The quantitative estimate of drug-likeness (QED) is 0.498. The molecular weight excluding hydrogens is 430 g/mol. The monoisotopic (exact) mass is 457 g/mol. The SMILES string of the molecule is CN(C)c1nc(NC2CCC(CNCc3[nH]ncc3Br)CC2)nc2ccccc12. The molecule has 0 unspecified atom stereocenters. The number of hydrogen-bond acceptors (Lipinski definition) is 6. The first-order valence-electron chi connectivity index (χ1n) is 10.2. The largest absolute Gasteiger partial charge is 0.362 e. The lowest BCUT2D eigenvalue weighted by Gasteiger charge is -2.29. The molecule has 0 amide bonds. The second kappa shape index (κ2) is 9.09. The predicted octanol–water partition coefficient (Wildman–Crippen LogP) is 3.94. The number of aromatic nitrogens is 4. The molecular formula is C21H28BrN7. The maximum atomic E-state index is 4.78. The fraction of sp³-hybridized carbons (Fsp3) is 0.476. The molecule has 3 N–H and O–H groups in total. The zero-order valence-electron chi connectivity index (χ0n) is 17.0. The number of fused-ring (bicyclic) bond motifs is 1. The van der Waals surface area contributed by atoms with Crippen LogP contribution in [0.5, 0.6) is 0 Å². The molecule has 0 saturated heterocycles. The summed E-state index contributed by atoms with van der Waals surface area (Å²) in [5.41, 5.74) is 2.09. The number of nitrogens with one attached hydrogen (secondary N) is 3. The van der Waals surface area contributed by atoms with Crippen LogP contribution in [0.2, 0.25) is 0 Å². The highest BCUT2D eigenvalue weighted by Crippen LogP contribution is 2.28. The number of para-hydroxylation sites is 1. The second-order valence-electron chi connectivity index (χ2n) is 7.97. The van der Waals surface area contributed by atoms with Gasteiger partial charge in [0, 0.05) is 32.1 Å². The average molecular weight is 458 g/mol. The van der Waals surface area contributed by atoms with Gasteiger partial charge >= 0.3 is 0 Å². The van der Waals surface area contributed by atoms with E-state index >= 15 is 0 Å². The summed E-state index contributed by atoms with van der Waals surface area (Å²) in [5.74, 6) is 2.41. The van der Waals surface area contributed by atoms with Crippen molar-refractivity contribution < 1.29 is 0 Å². The molecule has 2 aromatic heterocycles. The number of aromatic amines is 1. The van der Waals surface area contributed by atoms with Gasteiger partial charge in [-0.15, -0.1) is 0 Å². The van der Waals surface area contributed by atoms with Crippen molar-refractivity contribution in [1.29, 1.82) is 0 Å². The Kier molecular flexibility index (Phi) is 6.30. The minimum atomic E-state index is 0.434. The van der Waals surface area contributed by atoms with Crippen LogP contribution in [-0.2, 0) is 6.54 Å². The Balaban J connectivity index is 1.31. The minimum Gasteiger partial charge on any atom is -0.362 e. The van der Waals surface area contributed by atoms with E-state index in [2.05, 4.69) is 53.8 Å². The molecule has 0 radical (unpaired) electrons. The number of anilines is 2. The van der Waals surface area contributed by atoms with E-state index in [1.165, 1.54) is 12.8 Å². The highest BCUT2D eigenvalue weighted by Gasteiger charge is 2.22. The van der Waals surface area contributed by atoms with Crippen molar-refractivity contribution in [2.45, 2.75) is 38.3 Å². The zero-order chi connectivity index (χ0) is 20.2. The number of rotatable bonds is 7. The predicted molar refractivity (Wildman–Crippen MR) is 121 cm³/mol. The Morgan fingerprint density at radius 2 is 1.93 bits per heavy atom. The van der Waals surface area contributed by atoms with E-state index in [1.54, 1.807) is 6.20 Å². The number of benzene rings is 1. The summed E-state index contributed by atoms with van der Waals surface area (Å²) in [4.78, 5) is 11.6. The van der Waals surface area contributed by atoms with Gasteiger partial charge in [0.25, 0.3) is 0 Å². The molecule has 1 aromatic carbocycles. The van der Waals surface area contributed by atoms with E-state index in [4.69, 9.17) is 9.97 Å². The summed E-state index contributed by atoms with van der Waals surface area (Å²) in [6, 6.07) is 8.62. The molecule has 2 heterocycles. The van der Waals surface area contributed by atoms with Gasteiger partial charge in [0.2, 0.25) is 5.95 Å². The smallest absolute Gasteiger partial charge is 0.225 e. The van der Waals surface area contributed by atoms with Crippen LogP contribution in [0.1, 0.15) is 31.4 Å². The molecule has 4 rings (SSSR count). The van der Waals surface area contributed by atoms with Gasteiger partial charge in [-0.25, -0.2) is 4.98 Å². The average Bonchev–Trinajstić information content (AvgIpc) is 3.13. The maximum absolute atomic E-state index is 4.78. The van der Waals surface area contributed by atoms with Crippen LogP contribution in [0.15, 0.2) is 34.9 Å². The first kappa shape index (κ1) is 20.1. The molecule has 1 saturated carbocycles. The number of nitrogens with zero attached hydrogens (tertiary/aromatic N) is 4. The molecule has 0 bridgehead atoms. The van der Waals surface area contributed by atoms with Crippen molar-refractivity contribution in [2.24, 2.45) is 5.92 Å². The van der Waals surface area contributed by atoms with E-state index in [0.717, 1.165) is 58.8 Å². The summed E-state index contributed by atoms with van der Waals surface area (Å²) in [6.45, 7) is 1.85. The molecule has 29 heavy (non-hydrogen) atoms. The van der Waals surface area contributed by atoms with Gasteiger partial charge in [-0.3, -0.25) is 5.10 Å². The van der Waals surface area contributed by atoms with E-state index in [0.29, 0.717) is 12.0 Å². The lowest BCUT2D eigenvalue weighted by atomic mass is 9.86. The van der Waals surface area contributed by atoms with Crippen molar-refractivity contribution in [3.05, 3.63) is 40.6 Å². The first-order chi connectivity index (χ1) is 14.1. The molecule has 3 aromatic rings. The number of hydrogen-bond donors (Lipinski definition) is 3. The fourth-order valence-corrected chi connectivity index (χ4v) is 4.31. The van der Waals surface area contributed by atoms with Crippen molar-refractivity contribution in [2.75, 3.05) is 30.9 Å². The molecule has 8 heteroatoms. The highest BCUT2D eigenvalue weighted by molar-refractivity contribution is 9.10. The summed E-state index contributed by atoms with van der Waals surface area (Å²) in [5, 5.41) is 15.3. The Hall–Kier alpha value is -2.19. The van der Waals surface area contributed by atoms with Crippen molar-refractivity contribution in [1.82, 2.24) is 25.5 Å². The Morgan fingerprint density at radius 3 is 2.66 bits per heavy atom. The van der Waals surface area contributed by atoms with Gasteiger partial charge in [-0.2, -0.15) is 10.1 Å². The third kappa shape index (κ3) is 4.87. The van der Waals surface area contributed by atoms with Gasteiger partial charge in [0.05, 0.1) is 21.9 Å². The Labute approximate surface area is 179 Å². The second-order valence-corrected chi connectivity index (χ2v) is 8.83. The number of H-pyrrole nitrogens is 1. The van der Waals surface area contributed by atoms with E-state index in [9.17, 15) is 0 Å². The topological polar surface area (TPSA) is 81.8 Å². The van der Waals surface area contributed by atoms with Crippen molar-refractivity contribution in [3.8, 4) is 0 Å². The summed E-state index contributed by atoms with van der Waals surface area (Å²) < 4.78 is 1.03. The summed E-state index contributed by atoms with van der Waals surface area (Å²) in [6.07, 6.45) is 6.51. The van der Waals surface area contributed by atoms with Gasteiger partial charge in [-0.1, -0.05) is 12.1 Å². The standard InChI is InChI=1S/C21H28BrN7/c1-29(2)20-16-5-3-4-6-18(16)26-21(27-20)25-15-9-7-14(8-10-15)11-23-13-19-17(22)12-24-28-19/h3-6,12,14-15,23H,7-11,13H2,1-2H3,(H,24,28)(H,25,26,27). The van der Waals surface area contributed by atoms with Crippen LogP contribution >= 0.6 is 15.9 Å². The first-order valence-corrected chi connectivity index (χ1v) is 11.0. The van der Waals surface area contributed by atoms with Crippen LogP contribution in [0.4, 0.5) is 11.8 Å². The van der Waals surface area contributed by atoms with Crippen LogP contribution in [0.25, 0.3) is 10.9 Å². The van der Waals surface area contributed by atoms with Gasteiger partial charge in [-0.05, 0) is 66.2 Å². The van der Waals surface area contributed by atoms with Gasteiger partial charge in [0.15, 0.2) is 0 Å². The van der Waals surface area contributed by atoms with E-state index in [1.807, 2.05) is 26.2 Å². The normalized spacial score (nSPS) is 19.4. The zero-order valence-corrected chi connectivity index (χ0v) is 18.5. The van der Waals surface area contributed by atoms with E-state index < -0.39 is 0 Å². The molecule has 154 valence electrons. The molecule has 1 aliphatic rings. The molecule has 0 atom stereocenters.